The van der Waals surface area contributed by atoms with E-state index in [1.807, 2.05) is 31.3 Å². The molecule has 3 rings (SSSR count). The van der Waals surface area contributed by atoms with E-state index >= 15 is 0 Å². The molecule has 0 radical (unpaired) electrons. The minimum absolute atomic E-state index is 0.120. The molecule has 0 aliphatic heterocycles. The lowest BCUT2D eigenvalue weighted by molar-refractivity contribution is -0.120. The first-order valence-electron chi connectivity index (χ1n) is 7.80. The van der Waals surface area contributed by atoms with Crippen molar-refractivity contribution in [2.45, 2.75) is 19.4 Å². The van der Waals surface area contributed by atoms with E-state index in [1.54, 1.807) is 24.3 Å². The largest absolute Gasteiger partial charge is 0.387 e. The molecule has 2 aromatic carbocycles. The van der Waals surface area contributed by atoms with Gasteiger partial charge in [-0.2, -0.15) is 0 Å². The number of hydrogen-bond donors (Lipinski definition) is 3. The maximum absolute atomic E-state index is 12.2. The number of halogens is 1. The highest BCUT2D eigenvalue weighted by atomic mass is 35.5. The number of aliphatic hydroxyl groups excluding tert-OH is 1. The minimum atomic E-state index is -0.753. The quantitative estimate of drug-likeness (QED) is 0.664. The van der Waals surface area contributed by atoms with Gasteiger partial charge in [-0.3, -0.25) is 4.79 Å². The van der Waals surface area contributed by atoms with E-state index in [0.717, 1.165) is 27.6 Å². The van der Waals surface area contributed by atoms with Crippen molar-refractivity contribution in [1.29, 1.82) is 0 Å². The molecule has 0 bridgehead atoms. The van der Waals surface area contributed by atoms with Crippen molar-refractivity contribution >= 4 is 28.4 Å². The summed E-state index contributed by atoms with van der Waals surface area (Å²) in [5.41, 5.74) is 3.88. The Labute approximate surface area is 145 Å². The predicted octanol–water partition coefficient (Wildman–Crippen LogP) is 3.52. The van der Waals surface area contributed by atoms with Gasteiger partial charge in [0.1, 0.15) is 0 Å². The van der Waals surface area contributed by atoms with Crippen LogP contribution in [0.25, 0.3) is 10.9 Å². The number of H-pyrrole nitrogens is 1. The van der Waals surface area contributed by atoms with E-state index in [2.05, 4.69) is 10.3 Å². The fourth-order valence-corrected chi connectivity index (χ4v) is 2.88. The lowest BCUT2D eigenvalue weighted by atomic mass is 10.1. The topological polar surface area (TPSA) is 65.1 Å². The Morgan fingerprint density at radius 1 is 1.25 bits per heavy atom. The van der Waals surface area contributed by atoms with Crippen LogP contribution in [0.1, 0.15) is 22.8 Å². The molecule has 5 heteroatoms. The van der Waals surface area contributed by atoms with E-state index < -0.39 is 6.10 Å². The van der Waals surface area contributed by atoms with Crippen LogP contribution in [0.3, 0.4) is 0 Å². The molecule has 124 valence electrons. The fourth-order valence-electron chi connectivity index (χ4n) is 2.76. The number of aliphatic hydroxyl groups is 1. The molecule has 1 heterocycles. The summed E-state index contributed by atoms with van der Waals surface area (Å²) in [6, 6.07) is 13.0. The molecule has 0 saturated heterocycles. The summed E-state index contributed by atoms with van der Waals surface area (Å²) in [5, 5.41) is 14.6. The smallest absolute Gasteiger partial charge is 0.224 e. The molecule has 0 aliphatic rings. The zero-order chi connectivity index (χ0) is 17.1. The van der Waals surface area contributed by atoms with E-state index in [0.29, 0.717) is 5.02 Å². The summed E-state index contributed by atoms with van der Waals surface area (Å²) in [4.78, 5) is 15.4. The molecule has 3 aromatic rings. The van der Waals surface area contributed by atoms with Crippen LogP contribution in [0.2, 0.25) is 5.02 Å². The number of carbonyl (C=O) groups excluding carboxylic acids is 1. The lowest BCUT2D eigenvalue weighted by Crippen LogP contribution is -2.29. The fraction of sp³-hybridized carbons (Fsp3) is 0.211. The Balaban J connectivity index is 1.61. The average Bonchev–Trinajstić information content (AvgIpc) is 2.98. The van der Waals surface area contributed by atoms with Gasteiger partial charge >= 0.3 is 0 Å². The van der Waals surface area contributed by atoms with Crippen LogP contribution in [0.15, 0.2) is 48.7 Å². The zero-order valence-corrected chi connectivity index (χ0v) is 14.1. The van der Waals surface area contributed by atoms with Crippen LogP contribution in [-0.4, -0.2) is 22.5 Å². The second-order valence-corrected chi connectivity index (χ2v) is 6.30. The van der Waals surface area contributed by atoms with E-state index in [4.69, 9.17) is 11.6 Å². The maximum atomic E-state index is 12.2. The second-order valence-electron chi connectivity index (χ2n) is 5.86. The number of aromatic amines is 1. The van der Waals surface area contributed by atoms with Crippen molar-refractivity contribution in [2.24, 2.45) is 0 Å². The molecule has 0 spiro atoms. The maximum Gasteiger partial charge on any atom is 0.224 e. The number of nitrogens with one attached hydrogen (secondary N) is 2. The average molecular weight is 343 g/mol. The van der Waals surface area contributed by atoms with Crippen molar-refractivity contribution in [2.75, 3.05) is 6.54 Å². The van der Waals surface area contributed by atoms with Gasteiger partial charge in [0.15, 0.2) is 0 Å². The van der Waals surface area contributed by atoms with Crippen molar-refractivity contribution in [3.63, 3.8) is 0 Å². The molecular formula is C19H19ClN2O2. The highest BCUT2D eigenvalue weighted by Crippen LogP contribution is 2.21. The minimum Gasteiger partial charge on any atom is -0.387 e. The van der Waals surface area contributed by atoms with Crippen molar-refractivity contribution in [3.8, 4) is 0 Å². The van der Waals surface area contributed by atoms with Crippen LogP contribution in [0.4, 0.5) is 0 Å². The first-order valence-corrected chi connectivity index (χ1v) is 8.18. The number of aromatic nitrogens is 1. The van der Waals surface area contributed by atoms with Gasteiger partial charge in [0, 0.05) is 28.7 Å². The summed E-state index contributed by atoms with van der Waals surface area (Å²) in [7, 11) is 0. The number of amides is 1. The van der Waals surface area contributed by atoms with Gasteiger partial charge < -0.3 is 15.4 Å². The molecule has 0 aliphatic carbocycles. The monoisotopic (exact) mass is 342 g/mol. The van der Waals surface area contributed by atoms with Gasteiger partial charge in [-0.05, 0) is 35.7 Å². The third-order valence-corrected chi connectivity index (χ3v) is 4.36. The summed E-state index contributed by atoms with van der Waals surface area (Å²) in [5.74, 6) is -0.120. The highest BCUT2D eigenvalue weighted by Gasteiger charge is 2.12. The Morgan fingerprint density at radius 2 is 2.00 bits per heavy atom. The van der Waals surface area contributed by atoms with E-state index in [1.165, 1.54) is 0 Å². The number of carbonyl (C=O) groups is 1. The van der Waals surface area contributed by atoms with Gasteiger partial charge in [-0.25, -0.2) is 0 Å². The van der Waals surface area contributed by atoms with Crippen molar-refractivity contribution in [1.82, 2.24) is 10.3 Å². The van der Waals surface area contributed by atoms with Crippen LogP contribution in [0, 0.1) is 6.92 Å². The van der Waals surface area contributed by atoms with E-state index in [-0.39, 0.29) is 18.9 Å². The number of rotatable bonds is 5. The summed E-state index contributed by atoms with van der Waals surface area (Å²) >= 11 is 5.83. The Kier molecular flexibility index (Phi) is 4.88. The Morgan fingerprint density at radius 3 is 2.75 bits per heavy atom. The summed E-state index contributed by atoms with van der Waals surface area (Å²) < 4.78 is 0. The number of benzene rings is 2. The normalized spacial score (nSPS) is 12.3. The number of fused-ring (bicyclic) bond motifs is 1. The van der Waals surface area contributed by atoms with E-state index in [9.17, 15) is 9.90 Å². The molecule has 4 nitrogen and oxygen atoms in total. The SMILES string of the molecule is Cc1cccc2c(CC(=O)NCC(O)c3ccc(Cl)cc3)c[nH]c12. The van der Waals surface area contributed by atoms with Gasteiger partial charge in [0.2, 0.25) is 5.91 Å². The zero-order valence-electron chi connectivity index (χ0n) is 13.3. The first-order chi connectivity index (χ1) is 11.5. The number of hydrogen-bond acceptors (Lipinski definition) is 2. The molecule has 3 N–H and O–H groups in total. The summed E-state index contributed by atoms with van der Waals surface area (Å²) in [6.07, 6.45) is 1.39. The van der Waals surface area contributed by atoms with Crippen LogP contribution in [-0.2, 0) is 11.2 Å². The van der Waals surface area contributed by atoms with Gasteiger partial charge in [-0.1, -0.05) is 41.9 Å². The van der Waals surface area contributed by atoms with Gasteiger partial charge in [-0.15, -0.1) is 0 Å². The van der Waals surface area contributed by atoms with Crippen molar-refractivity contribution in [3.05, 3.63) is 70.4 Å². The van der Waals surface area contributed by atoms with Crippen LogP contribution in [0.5, 0.6) is 0 Å². The molecule has 1 atom stereocenters. The van der Waals surface area contributed by atoms with Crippen molar-refractivity contribution < 1.29 is 9.90 Å². The molecule has 1 unspecified atom stereocenters. The van der Waals surface area contributed by atoms with Gasteiger partial charge in [0.05, 0.1) is 12.5 Å². The predicted molar refractivity (Wildman–Crippen MR) is 96.2 cm³/mol. The first kappa shape index (κ1) is 16.6. The Bertz CT molecular complexity index is 855. The third-order valence-electron chi connectivity index (χ3n) is 4.11. The molecule has 1 amide bonds. The molecular weight excluding hydrogens is 324 g/mol. The van der Waals surface area contributed by atoms with Gasteiger partial charge in [0.25, 0.3) is 0 Å². The molecule has 0 fully saturated rings. The second kappa shape index (κ2) is 7.07. The summed E-state index contributed by atoms with van der Waals surface area (Å²) in [6.45, 7) is 2.20. The number of para-hydroxylation sites is 1. The number of aryl methyl sites for hydroxylation is 1. The lowest BCUT2D eigenvalue weighted by Gasteiger charge is -2.12. The molecule has 0 saturated carbocycles. The Hall–Kier alpha value is -2.30. The highest BCUT2D eigenvalue weighted by molar-refractivity contribution is 6.30. The third kappa shape index (κ3) is 3.61. The molecule has 24 heavy (non-hydrogen) atoms. The van der Waals surface area contributed by atoms with Crippen LogP contribution < -0.4 is 5.32 Å². The van der Waals surface area contributed by atoms with Crippen LogP contribution >= 0.6 is 11.6 Å². The standard InChI is InChI=1S/C19H19ClN2O2/c1-12-3-2-4-16-14(10-22-19(12)16)9-18(24)21-11-17(23)13-5-7-15(20)8-6-13/h2-8,10,17,22-23H,9,11H2,1H3,(H,21,24). The molecule has 1 aromatic heterocycles.